The molecule has 96 valence electrons. The molecule has 1 heterocycles. The number of rotatable bonds is 3. The molecular formula is C15H17BrO2. The molecule has 2 aromatic rings. The minimum Gasteiger partial charge on any atom is -0.458 e. The Morgan fingerprint density at radius 2 is 2.00 bits per heavy atom. The zero-order valence-electron chi connectivity index (χ0n) is 10.6. The van der Waals surface area contributed by atoms with Gasteiger partial charge in [-0.3, -0.25) is 0 Å². The molecule has 2 nitrogen and oxygen atoms in total. The van der Waals surface area contributed by atoms with Gasteiger partial charge in [-0.15, -0.1) is 0 Å². The highest BCUT2D eigenvalue weighted by Crippen LogP contribution is 2.43. The molecule has 18 heavy (non-hydrogen) atoms. The van der Waals surface area contributed by atoms with Crippen LogP contribution in [-0.2, 0) is 0 Å². The van der Waals surface area contributed by atoms with Gasteiger partial charge in [-0.25, -0.2) is 0 Å². The highest BCUT2D eigenvalue weighted by Gasteiger charge is 2.33. The zero-order chi connectivity index (χ0) is 12.9. The van der Waals surface area contributed by atoms with E-state index in [-0.39, 0.29) is 0 Å². The van der Waals surface area contributed by atoms with Crippen LogP contribution in [-0.4, -0.2) is 5.11 Å². The number of fused-ring (bicyclic) bond motifs is 1. The smallest absolute Gasteiger partial charge is 0.137 e. The SMILES string of the molecule is CC(C)c1cc(Br)cc2cc(C(O)C3CC3)oc12. The predicted octanol–water partition coefficient (Wildman–Crippen LogP) is 4.76. The summed E-state index contributed by atoms with van der Waals surface area (Å²) in [5, 5.41) is 11.2. The van der Waals surface area contributed by atoms with E-state index in [1.165, 1.54) is 5.56 Å². The van der Waals surface area contributed by atoms with E-state index in [1.54, 1.807) is 0 Å². The Bertz CT molecular complexity index is 581. The third-order valence-corrected chi connectivity index (χ3v) is 4.07. The van der Waals surface area contributed by atoms with Crippen LogP contribution >= 0.6 is 15.9 Å². The molecule has 3 heteroatoms. The lowest BCUT2D eigenvalue weighted by atomic mass is 10.0. The molecule has 1 N–H and O–H groups in total. The fourth-order valence-corrected chi connectivity index (χ4v) is 2.87. The summed E-state index contributed by atoms with van der Waals surface area (Å²) in [6, 6.07) is 6.13. The Morgan fingerprint density at radius 3 is 2.61 bits per heavy atom. The van der Waals surface area contributed by atoms with Crippen molar-refractivity contribution in [1.29, 1.82) is 0 Å². The van der Waals surface area contributed by atoms with Crippen molar-refractivity contribution in [2.24, 2.45) is 5.92 Å². The molecule has 0 radical (unpaired) electrons. The summed E-state index contributed by atoms with van der Waals surface area (Å²) >= 11 is 3.53. The fourth-order valence-electron chi connectivity index (χ4n) is 2.38. The van der Waals surface area contributed by atoms with Gasteiger partial charge in [0.2, 0.25) is 0 Å². The topological polar surface area (TPSA) is 33.4 Å². The third kappa shape index (κ3) is 2.10. The van der Waals surface area contributed by atoms with Gasteiger partial charge in [-0.2, -0.15) is 0 Å². The molecule has 0 amide bonds. The van der Waals surface area contributed by atoms with Crippen molar-refractivity contribution >= 4 is 26.9 Å². The van der Waals surface area contributed by atoms with E-state index >= 15 is 0 Å². The predicted molar refractivity (Wildman–Crippen MR) is 75.7 cm³/mol. The molecule has 1 unspecified atom stereocenters. The average Bonchev–Trinajstić information content (AvgIpc) is 3.07. The van der Waals surface area contributed by atoms with Crippen LogP contribution in [0.2, 0.25) is 0 Å². The van der Waals surface area contributed by atoms with Crippen molar-refractivity contribution < 1.29 is 9.52 Å². The maximum absolute atomic E-state index is 10.2. The second-order valence-electron chi connectivity index (χ2n) is 5.50. The van der Waals surface area contributed by atoms with Crippen LogP contribution in [0.4, 0.5) is 0 Å². The normalized spacial score (nSPS) is 17.6. The summed E-state index contributed by atoms with van der Waals surface area (Å²) in [5.41, 5.74) is 2.11. The van der Waals surface area contributed by atoms with E-state index in [9.17, 15) is 5.11 Å². The standard InChI is InChI=1S/C15H17BrO2/c1-8(2)12-7-11(16)5-10-6-13(18-15(10)12)14(17)9-3-4-9/h5-9,14,17H,3-4H2,1-2H3. The second kappa shape index (κ2) is 4.39. The number of hydrogen-bond acceptors (Lipinski definition) is 2. The van der Waals surface area contributed by atoms with E-state index in [4.69, 9.17) is 4.42 Å². The van der Waals surface area contributed by atoms with Crippen LogP contribution in [0.3, 0.4) is 0 Å². The quantitative estimate of drug-likeness (QED) is 0.886. The molecular weight excluding hydrogens is 292 g/mol. The monoisotopic (exact) mass is 308 g/mol. The molecule has 1 aliphatic carbocycles. The van der Waals surface area contributed by atoms with E-state index in [2.05, 4.69) is 35.8 Å². The van der Waals surface area contributed by atoms with E-state index in [0.29, 0.717) is 17.6 Å². The molecule has 3 rings (SSSR count). The summed E-state index contributed by atoms with van der Waals surface area (Å²) in [5.74, 6) is 1.52. The molecule has 0 spiro atoms. The van der Waals surface area contributed by atoms with Gasteiger partial charge in [0.1, 0.15) is 17.4 Å². The summed E-state index contributed by atoms with van der Waals surface area (Å²) in [7, 11) is 0. The summed E-state index contributed by atoms with van der Waals surface area (Å²) in [4.78, 5) is 0. The first kappa shape index (κ1) is 12.2. The number of benzene rings is 1. The Labute approximate surface area is 115 Å². The summed E-state index contributed by atoms with van der Waals surface area (Å²) in [6.07, 6.45) is 1.79. The van der Waals surface area contributed by atoms with E-state index in [1.807, 2.05) is 12.1 Å². The lowest BCUT2D eigenvalue weighted by Crippen LogP contribution is -1.96. The lowest BCUT2D eigenvalue weighted by Gasteiger charge is -2.07. The first-order valence-corrected chi connectivity index (χ1v) is 7.26. The molecule has 1 atom stereocenters. The van der Waals surface area contributed by atoms with Gasteiger partial charge in [-0.1, -0.05) is 29.8 Å². The van der Waals surface area contributed by atoms with Gasteiger partial charge in [0, 0.05) is 9.86 Å². The van der Waals surface area contributed by atoms with Gasteiger partial charge >= 0.3 is 0 Å². The van der Waals surface area contributed by atoms with E-state index in [0.717, 1.165) is 28.3 Å². The average molecular weight is 309 g/mol. The Morgan fingerprint density at radius 1 is 1.28 bits per heavy atom. The van der Waals surface area contributed by atoms with Gasteiger partial charge in [0.05, 0.1) is 0 Å². The molecule has 1 saturated carbocycles. The second-order valence-corrected chi connectivity index (χ2v) is 6.41. The number of furan rings is 1. The summed E-state index contributed by atoms with van der Waals surface area (Å²) < 4.78 is 6.97. The summed E-state index contributed by atoms with van der Waals surface area (Å²) in [6.45, 7) is 4.31. The van der Waals surface area contributed by atoms with Crippen molar-refractivity contribution in [1.82, 2.24) is 0 Å². The van der Waals surface area contributed by atoms with Gasteiger partial charge in [-0.05, 0) is 48.4 Å². The Kier molecular flexibility index (Phi) is 2.99. The maximum atomic E-state index is 10.2. The fraction of sp³-hybridized carbons (Fsp3) is 0.467. The molecule has 1 aromatic carbocycles. The number of aliphatic hydroxyl groups is 1. The first-order valence-electron chi connectivity index (χ1n) is 6.47. The molecule has 0 aliphatic heterocycles. The molecule has 0 bridgehead atoms. The van der Waals surface area contributed by atoms with Gasteiger partial charge in [0.15, 0.2) is 0 Å². The largest absolute Gasteiger partial charge is 0.458 e. The van der Waals surface area contributed by atoms with Crippen molar-refractivity contribution in [3.05, 3.63) is 34.0 Å². The Hall–Kier alpha value is -0.800. The first-order chi connectivity index (χ1) is 8.56. The zero-order valence-corrected chi connectivity index (χ0v) is 12.2. The number of hydrogen-bond donors (Lipinski definition) is 1. The minimum absolute atomic E-state index is 0.400. The van der Waals surface area contributed by atoms with Crippen LogP contribution < -0.4 is 0 Å². The van der Waals surface area contributed by atoms with Crippen LogP contribution in [0.25, 0.3) is 11.0 Å². The van der Waals surface area contributed by atoms with Gasteiger partial charge in [0.25, 0.3) is 0 Å². The van der Waals surface area contributed by atoms with Crippen molar-refractivity contribution in [3.8, 4) is 0 Å². The third-order valence-electron chi connectivity index (χ3n) is 3.61. The Balaban J connectivity index is 2.12. The molecule has 1 fully saturated rings. The van der Waals surface area contributed by atoms with Crippen molar-refractivity contribution in [3.63, 3.8) is 0 Å². The molecule has 0 saturated heterocycles. The highest BCUT2D eigenvalue weighted by molar-refractivity contribution is 9.10. The van der Waals surface area contributed by atoms with Crippen LogP contribution in [0.5, 0.6) is 0 Å². The van der Waals surface area contributed by atoms with Gasteiger partial charge < -0.3 is 9.52 Å². The highest BCUT2D eigenvalue weighted by atomic mass is 79.9. The number of halogens is 1. The van der Waals surface area contributed by atoms with Crippen LogP contribution in [0, 0.1) is 5.92 Å². The minimum atomic E-state index is -0.434. The van der Waals surface area contributed by atoms with Crippen LogP contribution in [0.1, 0.15) is 50.0 Å². The van der Waals surface area contributed by atoms with E-state index < -0.39 is 6.10 Å². The maximum Gasteiger partial charge on any atom is 0.137 e. The van der Waals surface area contributed by atoms with Crippen LogP contribution in [0.15, 0.2) is 27.1 Å². The lowest BCUT2D eigenvalue weighted by molar-refractivity contribution is 0.129. The molecule has 1 aliphatic rings. The van der Waals surface area contributed by atoms with Crippen molar-refractivity contribution in [2.45, 2.75) is 38.7 Å². The van der Waals surface area contributed by atoms with Crippen molar-refractivity contribution in [2.75, 3.05) is 0 Å². The molecule has 1 aromatic heterocycles. The number of aliphatic hydroxyl groups excluding tert-OH is 1.